The molecule has 1 aromatic heterocycles. The van der Waals surface area contributed by atoms with Crippen molar-refractivity contribution < 1.29 is 9.47 Å². The van der Waals surface area contributed by atoms with Gasteiger partial charge >= 0.3 is 0 Å². The normalized spacial score (nSPS) is 15.6. The van der Waals surface area contributed by atoms with Crippen LogP contribution in [-0.4, -0.2) is 31.0 Å². The molecule has 1 aliphatic heterocycles. The average Bonchev–Trinajstić information content (AvgIpc) is 3.08. The smallest absolute Gasteiger partial charge is 0.0566 e. The first-order chi connectivity index (χ1) is 14.3. The number of nitrogens with zero attached hydrogens (tertiary/aromatic N) is 1. The number of para-hydroxylation sites is 2. The van der Waals surface area contributed by atoms with Gasteiger partial charge in [-0.15, -0.1) is 0 Å². The molecule has 0 aliphatic carbocycles. The number of hydrogen-bond donors (Lipinski definition) is 0. The molecular weight excluding hydrogens is 358 g/mol. The minimum absolute atomic E-state index is 0.264. The summed E-state index contributed by atoms with van der Waals surface area (Å²) in [5, 5.41) is 2.59. The van der Waals surface area contributed by atoms with E-state index in [2.05, 4.69) is 84.3 Å². The van der Waals surface area contributed by atoms with Gasteiger partial charge in [0.15, 0.2) is 0 Å². The molecule has 5 rings (SSSR count). The molecule has 0 spiro atoms. The number of fused-ring (bicyclic) bond motifs is 3. The van der Waals surface area contributed by atoms with Crippen molar-refractivity contribution in [2.45, 2.75) is 19.8 Å². The number of benzene rings is 3. The molecule has 0 amide bonds. The van der Waals surface area contributed by atoms with Crippen LogP contribution in [0.25, 0.3) is 27.5 Å². The molecule has 1 fully saturated rings. The SMILES string of the molecule is CCC1(COCCc2ccc(-n3c4ccccc4c4ccccc43)cc2)COC1. The molecule has 3 nitrogen and oxygen atoms in total. The number of ether oxygens (including phenoxy) is 2. The maximum Gasteiger partial charge on any atom is 0.0566 e. The summed E-state index contributed by atoms with van der Waals surface area (Å²) in [5.41, 5.74) is 5.27. The van der Waals surface area contributed by atoms with E-state index < -0.39 is 0 Å². The molecule has 0 radical (unpaired) electrons. The van der Waals surface area contributed by atoms with Gasteiger partial charge in [0.25, 0.3) is 0 Å². The van der Waals surface area contributed by atoms with Crippen LogP contribution in [0.4, 0.5) is 0 Å². The van der Waals surface area contributed by atoms with E-state index in [9.17, 15) is 0 Å². The summed E-state index contributed by atoms with van der Waals surface area (Å²) in [4.78, 5) is 0. The Kier molecular flexibility index (Phi) is 4.86. The third-order valence-corrected chi connectivity index (χ3v) is 6.28. The van der Waals surface area contributed by atoms with Gasteiger partial charge in [0.1, 0.15) is 0 Å². The topological polar surface area (TPSA) is 23.4 Å². The molecule has 2 heterocycles. The highest BCUT2D eigenvalue weighted by Crippen LogP contribution is 2.32. The van der Waals surface area contributed by atoms with Gasteiger partial charge < -0.3 is 14.0 Å². The number of rotatable bonds is 7. The Labute approximate surface area is 171 Å². The van der Waals surface area contributed by atoms with Gasteiger partial charge in [-0.1, -0.05) is 55.5 Å². The van der Waals surface area contributed by atoms with E-state index >= 15 is 0 Å². The minimum Gasteiger partial charge on any atom is -0.380 e. The van der Waals surface area contributed by atoms with E-state index in [1.807, 2.05) is 0 Å². The third kappa shape index (κ3) is 3.35. The monoisotopic (exact) mass is 385 g/mol. The van der Waals surface area contributed by atoms with Crippen molar-refractivity contribution in [1.82, 2.24) is 4.57 Å². The van der Waals surface area contributed by atoms with Crippen LogP contribution in [0.5, 0.6) is 0 Å². The van der Waals surface area contributed by atoms with E-state index in [1.165, 1.54) is 33.1 Å². The predicted octanol–water partition coefficient (Wildman–Crippen LogP) is 5.77. The molecule has 3 aromatic carbocycles. The Hall–Kier alpha value is -2.62. The van der Waals surface area contributed by atoms with Gasteiger partial charge in [0, 0.05) is 21.9 Å². The molecule has 0 bridgehead atoms. The van der Waals surface area contributed by atoms with Gasteiger partial charge in [-0.3, -0.25) is 0 Å². The first kappa shape index (κ1) is 18.4. The van der Waals surface area contributed by atoms with Crippen LogP contribution in [0.2, 0.25) is 0 Å². The molecule has 1 aliphatic rings. The molecule has 4 aromatic rings. The maximum absolute atomic E-state index is 5.97. The maximum atomic E-state index is 5.97. The van der Waals surface area contributed by atoms with Crippen molar-refractivity contribution >= 4 is 21.8 Å². The average molecular weight is 386 g/mol. The van der Waals surface area contributed by atoms with Crippen LogP contribution in [0, 0.1) is 5.41 Å². The lowest BCUT2D eigenvalue weighted by atomic mass is 9.84. The van der Waals surface area contributed by atoms with Crippen LogP contribution in [0.3, 0.4) is 0 Å². The molecule has 0 atom stereocenters. The van der Waals surface area contributed by atoms with Crippen LogP contribution >= 0.6 is 0 Å². The lowest BCUT2D eigenvalue weighted by molar-refractivity contribution is -0.149. The fraction of sp³-hybridized carbons (Fsp3) is 0.308. The fourth-order valence-corrected chi connectivity index (χ4v) is 4.27. The van der Waals surface area contributed by atoms with E-state index in [-0.39, 0.29) is 5.41 Å². The van der Waals surface area contributed by atoms with Crippen LogP contribution in [0.15, 0.2) is 72.8 Å². The summed E-state index contributed by atoms with van der Waals surface area (Å²) in [7, 11) is 0. The van der Waals surface area contributed by atoms with E-state index in [0.29, 0.717) is 0 Å². The van der Waals surface area contributed by atoms with Crippen molar-refractivity contribution in [3.63, 3.8) is 0 Å². The van der Waals surface area contributed by atoms with E-state index in [1.54, 1.807) is 0 Å². The predicted molar refractivity (Wildman–Crippen MR) is 119 cm³/mol. The standard InChI is InChI=1S/C26H27NO2/c1-2-26(18-29-19-26)17-28-16-15-20-11-13-21(14-12-20)27-24-9-5-3-7-22(24)23-8-4-6-10-25(23)27/h3-14H,2,15-19H2,1H3. The van der Waals surface area contributed by atoms with Crippen LogP contribution < -0.4 is 0 Å². The molecule has 148 valence electrons. The van der Waals surface area contributed by atoms with Gasteiger partial charge in [-0.2, -0.15) is 0 Å². The third-order valence-electron chi connectivity index (χ3n) is 6.28. The Balaban J connectivity index is 1.34. The minimum atomic E-state index is 0.264. The van der Waals surface area contributed by atoms with Crippen molar-refractivity contribution in [2.75, 3.05) is 26.4 Å². The summed E-state index contributed by atoms with van der Waals surface area (Å²) in [6.45, 7) is 5.48. The molecule has 0 N–H and O–H groups in total. The number of hydrogen-bond acceptors (Lipinski definition) is 2. The van der Waals surface area contributed by atoms with Crippen molar-refractivity contribution in [3.05, 3.63) is 78.4 Å². The number of aromatic nitrogens is 1. The molecule has 3 heteroatoms. The second-order valence-corrected chi connectivity index (χ2v) is 8.19. The molecule has 0 saturated carbocycles. The second kappa shape index (κ2) is 7.66. The Morgan fingerprint density at radius 3 is 2.03 bits per heavy atom. The summed E-state index contributed by atoms with van der Waals surface area (Å²) in [6.07, 6.45) is 2.06. The van der Waals surface area contributed by atoms with E-state index in [0.717, 1.165) is 39.3 Å². The zero-order chi connectivity index (χ0) is 19.7. The largest absolute Gasteiger partial charge is 0.380 e. The lowest BCUT2D eigenvalue weighted by Crippen LogP contribution is -2.45. The van der Waals surface area contributed by atoms with Crippen molar-refractivity contribution in [1.29, 1.82) is 0 Å². The first-order valence-electron chi connectivity index (χ1n) is 10.5. The molecule has 1 saturated heterocycles. The van der Waals surface area contributed by atoms with Crippen LogP contribution in [-0.2, 0) is 15.9 Å². The first-order valence-corrected chi connectivity index (χ1v) is 10.5. The molecule has 29 heavy (non-hydrogen) atoms. The van der Waals surface area contributed by atoms with Crippen LogP contribution in [0.1, 0.15) is 18.9 Å². The highest BCUT2D eigenvalue weighted by Gasteiger charge is 2.36. The fourth-order valence-electron chi connectivity index (χ4n) is 4.27. The van der Waals surface area contributed by atoms with Gasteiger partial charge in [-0.25, -0.2) is 0 Å². The van der Waals surface area contributed by atoms with Gasteiger partial charge in [0.05, 0.1) is 37.5 Å². The zero-order valence-corrected chi connectivity index (χ0v) is 16.9. The van der Waals surface area contributed by atoms with Crippen molar-refractivity contribution in [3.8, 4) is 5.69 Å². The highest BCUT2D eigenvalue weighted by molar-refractivity contribution is 6.09. The molecule has 0 unspecified atom stereocenters. The summed E-state index contributed by atoms with van der Waals surface area (Å²) in [6, 6.07) is 26.2. The Morgan fingerprint density at radius 1 is 0.862 bits per heavy atom. The van der Waals surface area contributed by atoms with Crippen molar-refractivity contribution in [2.24, 2.45) is 5.41 Å². The van der Waals surface area contributed by atoms with Gasteiger partial charge in [0.2, 0.25) is 0 Å². The highest BCUT2D eigenvalue weighted by atomic mass is 16.5. The quantitative estimate of drug-likeness (QED) is 0.377. The molecular formula is C26H27NO2. The lowest BCUT2D eigenvalue weighted by Gasteiger charge is -2.40. The summed E-state index contributed by atoms with van der Waals surface area (Å²) in [5.74, 6) is 0. The zero-order valence-electron chi connectivity index (χ0n) is 16.9. The second-order valence-electron chi connectivity index (χ2n) is 8.19. The Morgan fingerprint density at radius 2 is 1.48 bits per heavy atom. The van der Waals surface area contributed by atoms with Gasteiger partial charge in [-0.05, 0) is 42.7 Å². The summed E-state index contributed by atoms with van der Waals surface area (Å²) < 4.78 is 13.7. The summed E-state index contributed by atoms with van der Waals surface area (Å²) >= 11 is 0. The Bertz CT molecular complexity index is 1060. The van der Waals surface area contributed by atoms with E-state index in [4.69, 9.17) is 9.47 Å².